The summed E-state index contributed by atoms with van der Waals surface area (Å²) in [6.45, 7) is 6.93. The third-order valence-corrected chi connectivity index (χ3v) is 10.1. The van der Waals surface area contributed by atoms with Crippen LogP contribution in [0.15, 0.2) is 11.6 Å². The third-order valence-electron chi connectivity index (χ3n) is 3.90. The zero-order valence-electron chi connectivity index (χ0n) is 18.1. The number of hydrogen-bond donors (Lipinski definition) is 1. The van der Waals surface area contributed by atoms with Crippen molar-refractivity contribution >= 4 is 28.6 Å². The van der Waals surface area contributed by atoms with Crippen molar-refractivity contribution in [3.8, 4) is 0 Å². The molecule has 0 aliphatic carbocycles. The molecule has 0 aromatic carbocycles. The largest absolute Gasteiger partial charge is 0.478 e. The second-order valence-electron chi connectivity index (χ2n) is 8.61. The predicted molar refractivity (Wildman–Crippen MR) is 103 cm³/mol. The Morgan fingerprint density at radius 3 is 1.91 bits per heavy atom. The standard InChI is InChI=1S/C17H26F8O5Si2/c1-31(2,3)30-32(4,5)8-6-7-11(9-12(26)27)13(28)29-10-15(20,21)17(24,25)16(22,23)14(18)19/h9,14H,6-8,10H2,1-5H3,(H,26,27). The molecular formula is C17H26F8O5Si2. The molecule has 0 unspecified atom stereocenters. The van der Waals surface area contributed by atoms with E-state index in [1.807, 2.05) is 32.7 Å². The first-order chi connectivity index (χ1) is 14.1. The molecule has 0 amide bonds. The van der Waals surface area contributed by atoms with Gasteiger partial charge in [-0.15, -0.1) is 0 Å². The fraction of sp³-hybridized carbons (Fsp3) is 0.765. The summed E-state index contributed by atoms with van der Waals surface area (Å²) in [5.41, 5.74) is -0.685. The molecule has 0 bridgehead atoms. The number of ether oxygens (including phenoxy) is 1. The maximum atomic E-state index is 13.5. The highest BCUT2D eigenvalue weighted by molar-refractivity contribution is 6.84. The van der Waals surface area contributed by atoms with Gasteiger partial charge in [-0.2, -0.15) is 26.3 Å². The van der Waals surface area contributed by atoms with Gasteiger partial charge in [0.1, 0.15) is 0 Å². The minimum atomic E-state index is -6.53. The molecule has 0 rings (SSSR count). The van der Waals surface area contributed by atoms with Crippen LogP contribution in [0.25, 0.3) is 0 Å². The summed E-state index contributed by atoms with van der Waals surface area (Å²) in [5, 5.41) is 8.82. The van der Waals surface area contributed by atoms with Crippen LogP contribution in [0.4, 0.5) is 35.1 Å². The van der Waals surface area contributed by atoms with Gasteiger partial charge in [0.05, 0.1) is 0 Å². The summed E-state index contributed by atoms with van der Waals surface area (Å²) >= 11 is 0. The highest BCUT2D eigenvalue weighted by Crippen LogP contribution is 2.48. The molecule has 0 radical (unpaired) electrons. The van der Waals surface area contributed by atoms with Gasteiger partial charge in [-0.1, -0.05) is 0 Å². The van der Waals surface area contributed by atoms with Crippen LogP contribution < -0.4 is 0 Å². The third kappa shape index (κ3) is 8.80. The molecule has 1 N–H and O–H groups in total. The van der Waals surface area contributed by atoms with Gasteiger partial charge < -0.3 is 14.0 Å². The summed E-state index contributed by atoms with van der Waals surface area (Å²) in [4.78, 5) is 22.8. The Labute approximate surface area is 182 Å². The van der Waals surface area contributed by atoms with Gasteiger partial charge in [0.15, 0.2) is 23.2 Å². The molecule has 0 aromatic heterocycles. The Hall–Kier alpha value is -1.49. The average molecular weight is 519 g/mol. The van der Waals surface area contributed by atoms with Crippen molar-refractivity contribution in [2.75, 3.05) is 6.61 Å². The lowest BCUT2D eigenvalue weighted by atomic mass is 10.1. The molecule has 0 saturated carbocycles. The summed E-state index contributed by atoms with van der Waals surface area (Å²) in [5.74, 6) is -22.2. The predicted octanol–water partition coefficient (Wildman–Crippen LogP) is 5.55. The number of alkyl halides is 8. The molecule has 0 aromatic rings. The fourth-order valence-electron chi connectivity index (χ4n) is 2.69. The normalized spacial score (nSPS) is 14.6. The van der Waals surface area contributed by atoms with Crippen LogP contribution in [0.2, 0.25) is 38.8 Å². The Morgan fingerprint density at radius 2 is 1.50 bits per heavy atom. The number of carbonyl (C=O) groups is 2. The van der Waals surface area contributed by atoms with Gasteiger partial charge in [0, 0.05) is 11.6 Å². The molecule has 0 aliphatic rings. The topological polar surface area (TPSA) is 72.8 Å². The Morgan fingerprint density at radius 1 is 1.00 bits per heavy atom. The van der Waals surface area contributed by atoms with Crippen molar-refractivity contribution in [2.45, 2.75) is 75.8 Å². The maximum absolute atomic E-state index is 13.5. The molecule has 5 nitrogen and oxygen atoms in total. The number of aliphatic carboxylic acids is 1. The summed E-state index contributed by atoms with van der Waals surface area (Å²) < 4.78 is 113. The molecule has 0 heterocycles. The first-order valence-corrected chi connectivity index (χ1v) is 15.8. The first-order valence-electron chi connectivity index (χ1n) is 9.28. The average Bonchev–Trinajstić information content (AvgIpc) is 2.55. The number of esters is 1. The lowest BCUT2D eigenvalue weighted by Crippen LogP contribution is -2.59. The van der Waals surface area contributed by atoms with Crippen molar-refractivity contribution in [2.24, 2.45) is 0 Å². The van der Waals surface area contributed by atoms with Gasteiger partial charge in [0.2, 0.25) is 0 Å². The van der Waals surface area contributed by atoms with Gasteiger partial charge in [-0.3, -0.25) is 0 Å². The first kappa shape index (κ1) is 30.5. The van der Waals surface area contributed by atoms with Crippen molar-refractivity contribution in [1.29, 1.82) is 0 Å². The number of rotatable bonds is 13. The number of carboxylic acid groups (broad SMARTS) is 1. The molecule has 15 heteroatoms. The number of carboxylic acids is 1. The van der Waals surface area contributed by atoms with E-state index in [-0.39, 0.29) is 12.8 Å². The van der Waals surface area contributed by atoms with Gasteiger partial charge in [-0.25, -0.2) is 18.4 Å². The van der Waals surface area contributed by atoms with Gasteiger partial charge in [0.25, 0.3) is 0 Å². The van der Waals surface area contributed by atoms with Gasteiger partial charge >= 0.3 is 36.1 Å². The Kier molecular flexibility index (Phi) is 10.1. The van der Waals surface area contributed by atoms with Crippen LogP contribution in [0.1, 0.15) is 12.8 Å². The van der Waals surface area contributed by atoms with E-state index in [0.717, 1.165) is 0 Å². The minimum absolute atomic E-state index is 0.161. The number of hydrogen-bond acceptors (Lipinski definition) is 4. The second-order valence-corrected chi connectivity index (χ2v) is 17.7. The van der Waals surface area contributed by atoms with Crippen molar-refractivity contribution < 1.29 is 58.7 Å². The van der Waals surface area contributed by atoms with E-state index in [1.54, 1.807) is 0 Å². The quantitative estimate of drug-likeness (QED) is 0.150. The van der Waals surface area contributed by atoms with Crippen LogP contribution in [0.5, 0.6) is 0 Å². The van der Waals surface area contributed by atoms with Crippen LogP contribution >= 0.6 is 0 Å². The SMILES string of the molecule is C[Si](C)(C)O[Si](C)(C)CCCC(=CC(=O)O)C(=O)OCC(F)(F)C(F)(F)C(F)(F)C(F)F. The summed E-state index contributed by atoms with van der Waals surface area (Å²) in [7, 11) is -4.12. The van der Waals surface area contributed by atoms with Crippen LogP contribution in [0.3, 0.4) is 0 Å². The van der Waals surface area contributed by atoms with E-state index in [1.165, 1.54) is 0 Å². The highest BCUT2D eigenvalue weighted by Gasteiger charge is 2.75. The second kappa shape index (κ2) is 10.6. The summed E-state index contributed by atoms with van der Waals surface area (Å²) in [6, 6.07) is 0.427. The van der Waals surface area contributed by atoms with Gasteiger partial charge in [-0.05, 0) is 51.6 Å². The number of halogens is 8. The molecule has 32 heavy (non-hydrogen) atoms. The van der Waals surface area contributed by atoms with Crippen LogP contribution in [-0.4, -0.2) is 64.5 Å². The molecule has 0 aliphatic heterocycles. The lowest BCUT2D eigenvalue weighted by Gasteiger charge is -2.32. The number of carbonyl (C=O) groups excluding carboxylic acids is 1. The Balaban J connectivity index is 5.29. The van der Waals surface area contributed by atoms with Crippen LogP contribution in [-0.2, 0) is 18.4 Å². The molecule has 0 saturated heterocycles. The highest BCUT2D eigenvalue weighted by atomic mass is 28.4. The monoisotopic (exact) mass is 518 g/mol. The smallest absolute Gasteiger partial charge is 0.381 e. The molecule has 188 valence electrons. The van der Waals surface area contributed by atoms with E-state index in [2.05, 4.69) is 4.74 Å². The maximum Gasteiger partial charge on any atom is 0.381 e. The molecular weight excluding hydrogens is 492 g/mol. The molecule has 0 spiro atoms. The Bertz CT molecular complexity index is 706. The van der Waals surface area contributed by atoms with Crippen LogP contribution in [0, 0.1) is 0 Å². The van der Waals surface area contributed by atoms with E-state index in [0.29, 0.717) is 12.1 Å². The van der Waals surface area contributed by atoms with E-state index < -0.39 is 64.9 Å². The fourth-order valence-corrected chi connectivity index (χ4v) is 10.8. The van der Waals surface area contributed by atoms with Crippen molar-refractivity contribution in [3.63, 3.8) is 0 Å². The van der Waals surface area contributed by atoms with E-state index in [4.69, 9.17) is 9.22 Å². The van der Waals surface area contributed by atoms with Crippen molar-refractivity contribution in [3.05, 3.63) is 11.6 Å². The van der Waals surface area contributed by atoms with E-state index in [9.17, 15) is 44.7 Å². The molecule has 0 fully saturated rings. The molecule has 0 atom stereocenters. The summed E-state index contributed by atoms with van der Waals surface area (Å²) in [6.07, 6.45) is -4.95. The van der Waals surface area contributed by atoms with E-state index >= 15 is 0 Å². The zero-order chi connectivity index (χ0) is 25.8. The minimum Gasteiger partial charge on any atom is -0.478 e. The lowest BCUT2D eigenvalue weighted by molar-refractivity contribution is -0.344. The zero-order valence-corrected chi connectivity index (χ0v) is 20.1. The van der Waals surface area contributed by atoms with Crippen molar-refractivity contribution in [1.82, 2.24) is 0 Å².